The number of nitrogens with zero attached hydrogens (tertiary/aromatic N) is 2. The molecule has 1 aromatic heterocycles. The lowest BCUT2D eigenvalue weighted by atomic mass is 10.3. The molecule has 0 radical (unpaired) electrons. The highest BCUT2D eigenvalue weighted by Gasteiger charge is 2.22. The standard InChI is InChI=1S/C11H7Cl2FN2S/c12-8-2-1-6(3-9(8)14)16-11(13)7-4-17-5-10(7)15-16/h1-3H,4-5H2. The normalized spacial score (nSPS) is 14.1. The van der Waals surface area contributed by atoms with Crippen LogP contribution >= 0.6 is 35.0 Å². The highest BCUT2D eigenvalue weighted by Crippen LogP contribution is 2.35. The van der Waals surface area contributed by atoms with Crippen LogP contribution in [0, 0.1) is 5.82 Å². The predicted molar refractivity (Wildman–Crippen MR) is 68.5 cm³/mol. The van der Waals surface area contributed by atoms with E-state index in [1.54, 1.807) is 22.5 Å². The van der Waals surface area contributed by atoms with Crippen LogP contribution in [0.5, 0.6) is 0 Å². The Morgan fingerprint density at radius 1 is 1.29 bits per heavy atom. The van der Waals surface area contributed by atoms with Gasteiger partial charge in [0, 0.05) is 23.1 Å². The highest BCUT2D eigenvalue weighted by molar-refractivity contribution is 7.98. The van der Waals surface area contributed by atoms with Crippen LogP contribution in [-0.4, -0.2) is 9.78 Å². The van der Waals surface area contributed by atoms with E-state index in [0.29, 0.717) is 10.8 Å². The molecule has 6 heteroatoms. The molecule has 0 spiro atoms. The van der Waals surface area contributed by atoms with Crippen LogP contribution in [0.15, 0.2) is 18.2 Å². The van der Waals surface area contributed by atoms with Gasteiger partial charge in [0.1, 0.15) is 11.0 Å². The topological polar surface area (TPSA) is 17.8 Å². The van der Waals surface area contributed by atoms with E-state index >= 15 is 0 Å². The molecule has 0 saturated carbocycles. The van der Waals surface area contributed by atoms with E-state index < -0.39 is 5.82 Å². The van der Waals surface area contributed by atoms with Gasteiger partial charge in [0.05, 0.1) is 16.4 Å². The summed E-state index contributed by atoms with van der Waals surface area (Å²) in [6.07, 6.45) is 0. The molecular weight excluding hydrogens is 282 g/mol. The van der Waals surface area contributed by atoms with Gasteiger partial charge in [0.15, 0.2) is 0 Å². The van der Waals surface area contributed by atoms with Gasteiger partial charge in [-0.25, -0.2) is 9.07 Å². The molecule has 1 aromatic carbocycles. The largest absolute Gasteiger partial charge is 0.221 e. The number of fused-ring (bicyclic) bond motifs is 1. The monoisotopic (exact) mass is 288 g/mol. The lowest BCUT2D eigenvalue weighted by Crippen LogP contribution is -1.98. The van der Waals surface area contributed by atoms with E-state index in [9.17, 15) is 4.39 Å². The number of rotatable bonds is 1. The van der Waals surface area contributed by atoms with Crippen molar-refractivity contribution in [3.8, 4) is 5.69 Å². The Kier molecular flexibility index (Phi) is 2.81. The van der Waals surface area contributed by atoms with E-state index in [4.69, 9.17) is 23.2 Å². The first-order valence-electron chi connectivity index (χ1n) is 4.96. The Hall–Kier alpha value is -0.710. The number of hydrogen-bond acceptors (Lipinski definition) is 2. The van der Waals surface area contributed by atoms with Crippen LogP contribution in [0.2, 0.25) is 10.2 Å². The van der Waals surface area contributed by atoms with Crippen molar-refractivity contribution >= 4 is 35.0 Å². The number of aromatic nitrogens is 2. The zero-order valence-electron chi connectivity index (χ0n) is 8.58. The van der Waals surface area contributed by atoms with Crippen LogP contribution in [0.25, 0.3) is 5.69 Å². The Morgan fingerprint density at radius 2 is 2.12 bits per heavy atom. The first-order valence-corrected chi connectivity index (χ1v) is 6.87. The molecule has 0 saturated heterocycles. The zero-order chi connectivity index (χ0) is 12.0. The summed E-state index contributed by atoms with van der Waals surface area (Å²) >= 11 is 13.6. The number of thioether (sulfide) groups is 1. The molecule has 88 valence electrons. The zero-order valence-corrected chi connectivity index (χ0v) is 10.9. The summed E-state index contributed by atoms with van der Waals surface area (Å²) in [4.78, 5) is 0. The molecule has 0 unspecified atom stereocenters. The SMILES string of the molecule is Fc1cc(-n2nc3c(c2Cl)CSC3)ccc1Cl. The summed E-state index contributed by atoms with van der Waals surface area (Å²) in [6.45, 7) is 0. The van der Waals surface area contributed by atoms with Crippen molar-refractivity contribution in [2.45, 2.75) is 11.5 Å². The Labute approximate surface area is 112 Å². The molecule has 2 nitrogen and oxygen atoms in total. The second-order valence-electron chi connectivity index (χ2n) is 3.72. The summed E-state index contributed by atoms with van der Waals surface area (Å²) < 4.78 is 14.9. The summed E-state index contributed by atoms with van der Waals surface area (Å²) in [7, 11) is 0. The molecule has 0 fully saturated rings. The molecule has 3 rings (SSSR count). The molecule has 0 N–H and O–H groups in total. The maximum Gasteiger partial charge on any atom is 0.143 e. The molecule has 0 bridgehead atoms. The average molecular weight is 289 g/mol. The summed E-state index contributed by atoms with van der Waals surface area (Å²) in [5.74, 6) is 1.26. The minimum Gasteiger partial charge on any atom is -0.221 e. The average Bonchev–Trinajstić information content (AvgIpc) is 2.86. The van der Waals surface area contributed by atoms with Gasteiger partial charge in [-0.3, -0.25) is 0 Å². The molecular formula is C11H7Cl2FN2S. The molecule has 2 aromatic rings. The Morgan fingerprint density at radius 3 is 2.82 bits per heavy atom. The maximum atomic E-state index is 13.4. The third-order valence-electron chi connectivity index (χ3n) is 2.64. The second-order valence-corrected chi connectivity index (χ2v) is 5.47. The van der Waals surface area contributed by atoms with Gasteiger partial charge < -0.3 is 0 Å². The molecule has 1 aliphatic heterocycles. The fourth-order valence-electron chi connectivity index (χ4n) is 1.77. The third kappa shape index (κ3) is 1.84. The molecule has 17 heavy (non-hydrogen) atoms. The van der Waals surface area contributed by atoms with Crippen LogP contribution in [0.3, 0.4) is 0 Å². The second kappa shape index (κ2) is 4.19. The van der Waals surface area contributed by atoms with Gasteiger partial charge in [-0.2, -0.15) is 16.9 Å². The van der Waals surface area contributed by atoms with Gasteiger partial charge in [-0.15, -0.1) is 0 Å². The van der Waals surface area contributed by atoms with Gasteiger partial charge in [0.2, 0.25) is 0 Å². The smallest absolute Gasteiger partial charge is 0.143 e. The summed E-state index contributed by atoms with van der Waals surface area (Å²) in [5, 5.41) is 5.04. The van der Waals surface area contributed by atoms with Crippen molar-refractivity contribution in [3.63, 3.8) is 0 Å². The maximum absolute atomic E-state index is 13.4. The van der Waals surface area contributed by atoms with E-state index in [2.05, 4.69) is 5.10 Å². The number of hydrogen-bond donors (Lipinski definition) is 0. The molecule has 0 amide bonds. The number of benzene rings is 1. The lowest BCUT2D eigenvalue weighted by molar-refractivity contribution is 0.625. The van der Waals surface area contributed by atoms with Gasteiger partial charge in [-0.05, 0) is 12.1 Å². The molecule has 2 heterocycles. The van der Waals surface area contributed by atoms with Crippen molar-refractivity contribution in [3.05, 3.63) is 45.4 Å². The van der Waals surface area contributed by atoms with Crippen LogP contribution in [0.1, 0.15) is 11.3 Å². The van der Waals surface area contributed by atoms with Crippen LogP contribution in [-0.2, 0) is 11.5 Å². The van der Waals surface area contributed by atoms with Crippen molar-refractivity contribution in [2.75, 3.05) is 0 Å². The Bertz CT molecular complexity index is 597. The number of halogens is 3. The van der Waals surface area contributed by atoms with Crippen molar-refractivity contribution in [2.24, 2.45) is 0 Å². The van der Waals surface area contributed by atoms with Gasteiger partial charge in [0.25, 0.3) is 0 Å². The van der Waals surface area contributed by atoms with E-state index in [1.807, 2.05) is 0 Å². The van der Waals surface area contributed by atoms with Crippen LogP contribution < -0.4 is 0 Å². The van der Waals surface area contributed by atoms with Gasteiger partial charge in [-0.1, -0.05) is 23.2 Å². The molecule has 1 aliphatic rings. The minimum atomic E-state index is -0.467. The van der Waals surface area contributed by atoms with Gasteiger partial charge >= 0.3 is 0 Å². The Balaban J connectivity index is 2.12. The summed E-state index contributed by atoms with van der Waals surface area (Å²) in [6, 6.07) is 4.54. The summed E-state index contributed by atoms with van der Waals surface area (Å²) in [5.41, 5.74) is 2.62. The van der Waals surface area contributed by atoms with E-state index in [-0.39, 0.29) is 5.02 Å². The fraction of sp³-hybridized carbons (Fsp3) is 0.182. The van der Waals surface area contributed by atoms with Crippen LogP contribution in [0.4, 0.5) is 4.39 Å². The van der Waals surface area contributed by atoms with Crippen molar-refractivity contribution in [1.29, 1.82) is 0 Å². The highest BCUT2D eigenvalue weighted by atomic mass is 35.5. The quantitative estimate of drug-likeness (QED) is 0.787. The fourth-order valence-corrected chi connectivity index (χ4v) is 3.31. The van der Waals surface area contributed by atoms with E-state index in [1.165, 1.54) is 12.1 Å². The van der Waals surface area contributed by atoms with Crippen molar-refractivity contribution in [1.82, 2.24) is 9.78 Å². The van der Waals surface area contributed by atoms with Crippen molar-refractivity contribution < 1.29 is 4.39 Å². The first-order chi connectivity index (χ1) is 8.16. The molecule has 0 aliphatic carbocycles. The lowest BCUT2D eigenvalue weighted by Gasteiger charge is -2.05. The third-order valence-corrected chi connectivity index (χ3v) is 4.30. The molecule has 0 atom stereocenters. The van der Waals surface area contributed by atoms with E-state index in [0.717, 1.165) is 22.8 Å². The minimum absolute atomic E-state index is 0.0973. The predicted octanol–water partition coefficient (Wildman–Crippen LogP) is 4.07. The first kappa shape index (κ1) is 11.4.